The fraction of sp³-hybridized carbons (Fsp3) is 0.867. The summed E-state index contributed by atoms with van der Waals surface area (Å²) in [4.78, 5) is 27.5. The average Bonchev–Trinajstić information content (AvgIpc) is 2.97. The average molecular weight is 469 g/mol. The molecule has 0 aromatic carbocycles. The van der Waals surface area contributed by atoms with Crippen LogP contribution in [0.15, 0.2) is 11.6 Å². The fourth-order valence-corrected chi connectivity index (χ4v) is 10.9. The number of hydrogen-bond acceptors (Lipinski definition) is 4. The molecule has 6 rings (SSSR count). The van der Waals surface area contributed by atoms with Crippen LogP contribution in [0.5, 0.6) is 0 Å². The molecule has 5 fully saturated rings. The maximum absolute atomic E-state index is 14.3. The van der Waals surface area contributed by atoms with Gasteiger partial charge in [0.25, 0.3) is 0 Å². The predicted octanol–water partition coefficient (Wildman–Crippen LogP) is 6.01. The molecule has 1 saturated heterocycles. The Balaban J connectivity index is 1.53. The van der Waals surface area contributed by atoms with E-state index in [0.29, 0.717) is 5.92 Å². The summed E-state index contributed by atoms with van der Waals surface area (Å²) in [6.07, 6.45) is 10.1. The van der Waals surface area contributed by atoms with Crippen LogP contribution in [-0.2, 0) is 14.3 Å². The first-order valence-electron chi connectivity index (χ1n) is 13.8. The number of ether oxygens (including phenoxy) is 1. The highest BCUT2D eigenvalue weighted by atomic mass is 16.6. The van der Waals surface area contributed by atoms with E-state index >= 15 is 0 Å². The molecule has 0 radical (unpaired) electrons. The molecule has 4 saturated carbocycles. The van der Waals surface area contributed by atoms with E-state index in [1.807, 2.05) is 6.08 Å². The lowest BCUT2D eigenvalue weighted by Crippen LogP contribution is -2.69. The molecule has 9 atom stereocenters. The van der Waals surface area contributed by atoms with Crippen LogP contribution in [0.4, 0.5) is 0 Å². The maximum Gasteiger partial charge on any atom is 0.312 e. The van der Waals surface area contributed by atoms with E-state index in [4.69, 9.17) is 4.74 Å². The van der Waals surface area contributed by atoms with Gasteiger partial charge in [-0.05, 0) is 97.5 Å². The second-order valence-electron chi connectivity index (χ2n) is 15.1. The largest absolute Gasteiger partial charge is 0.453 e. The van der Waals surface area contributed by atoms with Gasteiger partial charge in [-0.15, -0.1) is 0 Å². The van der Waals surface area contributed by atoms with Crippen LogP contribution >= 0.6 is 0 Å². The standard InChI is InChI=1S/C30H44O4/c1-24(2)19-8-11-29(7)22(27(19,5)10-9-21(24)32)18(31)16-20-28(29,6)15-14-26(4)13-12-25(3)17-30(20,26)34-23(25)33/h16,19,21-22,32H,8-15,17H2,1-7H3/t19-,21+,22-,25-,26-,27+,28+,29-,30+/m1/s1. The third kappa shape index (κ3) is 2.28. The molecule has 5 aliphatic carbocycles. The van der Waals surface area contributed by atoms with E-state index < -0.39 is 11.0 Å². The molecule has 1 aliphatic heterocycles. The highest BCUT2D eigenvalue weighted by Crippen LogP contribution is 2.77. The molecule has 1 N–H and O–H groups in total. The van der Waals surface area contributed by atoms with Gasteiger partial charge < -0.3 is 9.84 Å². The van der Waals surface area contributed by atoms with Crippen molar-refractivity contribution in [3.05, 3.63) is 11.6 Å². The Morgan fingerprint density at radius 2 is 1.56 bits per heavy atom. The molecule has 188 valence electrons. The third-order valence-electron chi connectivity index (χ3n) is 13.4. The minimum absolute atomic E-state index is 0.0490. The summed E-state index contributed by atoms with van der Waals surface area (Å²) >= 11 is 0. The van der Waals surface area contributed by atoms with E-state index in [9.17, 15) is 14.7 Å². The molecule has 2 bridgehead atoms. The molecule has 0 aromatic rings. The van der Waals surface area contributed by atoms with Crippen LogP contribution in [0.25, 0.3) is 0 Å². The van der Waals surface area contributed by atoms with Gasteiger partial charge >= 0.3 is 5.97 Å². The molecule has 0 aromatic heterocycles. The van der Waals surface area contributed by atoms with Crippen LogP contribution in [0.2, 0.25) is 0 Å². The van der Waals surface area contributed by atoms with Crippen LogP contribution in [-0.4, -0.2) is 28.6 Å². The van der Waals surface area contributed by atoms with Crippen LogP contribution in [0.3, 0.4) is 0 Å². The Morgan fingerprint density at radius 1 is 0.882 bits per heavy atom. The molecule has 0 unspecified atom stereocenters. The zero-order chi connectivity index (χ0) is 24.7. The monoisotopic (exact) mass is 468 g/mol. The lowest BCUT2D eigenvalue weighted by Gasteiger charge is -2.71. The number of aliphatic hydroxyl groups is 1. The van der Waals surface area contributed by atoms with Gasteiger partial charge in [0.2, 0.25) is 0 Å². The molecule has 4 nitrogen and oxygen atoms in total. The van der Waals surface area contributed by atoms with Crippen molar-refractivity contribution in [2.45, 2.75) is 118 Å². The van der Waals surface area contributed by atoms with Crippen molar-refractivity contribution >= 4 is 11.8 Å². The SMILES string of the molecule is CC1(C)[C@H]2CC[C@]3(C)[C@H](C(=O)C=C4[C@]3(C)CC[C@@]3(C)CC[C@]5(C)C[C@]43OC5=O)[C@@]2(C)CC[C@@H]1O. The summed E-state index contributed by atoms with van der Waals surface area (Å²) in [5, 5.41) is 10.9. The molecule has 0 amide bonds. The third-order valence-corrected chi connectivity index (χ3v) is 13.4. The van der Waals surface area contributed by atoms with Crippen LogP contribution in [0, 0.1) is 44.3 Å². The normalized spacial score (nSPS) is 57.5. The number of allylic oxidation sites excluding steroid dienone is 1. The summed E-state index contributed by atoms with van der Waals surface area (Å²) in [6.45, 7) is 16.0. The number of aliphatic hydroxyl groups excluding tert-OH is 1. The Bertz CT molecular complexity index is 1030. The molecule has 34 heavy (non-hydrogen) atoms. The number of hydrogen-bond donors (Lipinski definition) is 1. The Hall–Kier alpha value is -1.16. The van der Waals surface area contributed by atoms with Crippen LogP contribution in [0.1, 0.15) is 106 Å². The number of carbonyl (C=O) groups excluding carboxylic acids is 2. The summed E-state index contributed by atoms with van der Waals surface area (Å²) in [6, 6.07) is 0. The summed E-state index contributed by atoms with van der Waals surface area (Å²) < 4.78 is 6.48. The summed E-state index contributed by atoms with van der Waals surface area (Å²) in [5.74, 6) is 0.480. The van der Waals surface area contributed by atoms with Gasteiger partial charge in [0, 0.05) is 17.8 Å². The molecular weight excluding hydrogens is 424 g/mol. The number of fused-ring (bicyclic) bond motifs is 6. The Morgan fingerprint density at radius 3 is 2.26 bits per heavy atom. The van der Waals surface area contributed by atoms with Crippen molar-refractivity contribution in [3.8, 4) is 0 Å². The minimum Gasteiger partial charge on any atom is -0.453 e. The van der Waals surface area contributed by atoms with Gasteiger partial charge in [0.15, 0.2) is 5.78 Å². The molecule has 6 aliphatic rings. The highest BCUT2D eigenvalue weighted by Gasteiger charge is 2.76. The van der Waals surface area contributed by atoms with Gasteiger partial charge in [-0.2, -0.15) is 0 Å². The highest BCUT2D eigenvalue weighted by molar-refractivity contribution is 5.96. The van der Waals surface area contributed by atoms with E-state index in [2.05, 4.69) is 48.5 Å². The van der Waals surface area contributed by atoms with Gasteiger partial charge in [0.1, 0.15) is 5.60 Å². The Kier molecular flexibility index (Phi) is 4.25. The van der Waals surface area contributed by atoms with E-state index in [1.54, 1.807) is 0 Å². The van der Waals surface area contributed by atoms with Crippen molar-refractivity contribution in [3.63, 3.8) is 0 Å². The molecule has 1 heterocycles. The first-order valence-corrected chi connectivity index (χ1v) is 13.8. The van der Waals surface area contributed by atoms with Crippen LogP contribution < -0.4 is 0 Å². The number of ketones is 1. The first-order chi connectivity index (χ1) is 15.6. The van der Waals surface area contributed by atoms with E-state index in [1.165, 1.54) is 0 Å². The van der Waals surface area contributed by atoms with Gasteiger partial charge in [-0.1, -0.05) is 41.5 Å². The predicted molar refractivity (Wildman–Crippen MR) is 131 cm³/mol. The first kappa shape index (κ1) is 23.3. The number of rotatable bonds is 0. The Labute approximate surface area is 205 Å². The maximum atomic E-state index is 14.3. The minimum atomic E-state index is -0.631. The number of esters is 1. The van der Waals surface area contributed by atoms with Crippen molar-refractivity contribution in [2.75, 3.05) is 0 Å². The second-order valence-corrected chi connectivity index (χ2v) is 15.1. The zero-order valence-electron chi connectivity index (χ0n) is 22.3. The van der Waals surface area contributed by atoms with Crippen molar-refractivity contribution < 1.29 is 19.4 Å². The van der Waals surface area contributed by atoms with Crippen molar-refractivity contribution in [1.29, 1.82) is 0 Å². The summed E-state index contributed by atoms with van der Waals surface area (Å²) in [7, 11) is 0. The smallest absolute Gasteiger partial charge is 0.312 e. The van der Waals surface area contributed by atoms with E-state index in [0.717, 1.165) is 63.4 Å². The number of carbonyl (C=O) groups is 2. The van der Waals surface area contributed by atoms with Crippen molar-refractivity contribution in [2.24, 2.45) is 44.3 Å². The zero-order valence-corrected chi connectivity index (χ0v) is 22.3. The van der Waals surface area contributed by atoms with Gasteiger partial charge in [-0.3, -0.25) is 9.59 Å². The topological polar surface area (TPSA) is 63.6 Å². The van der Waals surface area contributed by atoms with E-state index in [-0.39, 0.29) is 50.8 Å². The molecular formula is C30H44O4. The summed E-state index contributed by atoms with van der Waals surface area (Å²) in [5.41, 5.74) is -0.643. The van der Waals surface area contributed by atoms with Crippen molar-refractivity contribution in [1.82, 2.24) is 0 Å². The molecule has 4 heteroatoms. The lowest BCUT2D eigenvalue weighted by molar-refractivity contribution is -0.212. The van der Waals surface area contributed by atoms with Gasteiger partial charge in [-0.25, -0.2) is 0 Å². The second kappa shape index (κ2) is 6.21. The molecule has 1 spiro atoms. The lowest BCUT2D eigenvalue weighted by atomic mass is 9.33. The quantitative estimate of drug-likeness (QED) is 0.442. The fourth-order valence-electron chi connectivity index (χ4n) is 10.9. The van der Waals surface area contributed by atoms with Gasteiger partial charge in [0.05, 0.1) is 11.5 Å².